The highest BCUT2D eigenvalue weighted by Gasteiger charge is 2.23. The summed E-state index contributed by atoms with van der Waals surface area (Å²) in [6.45, 7) is 4.08. The zero-order chi connectivity index (χ0) is 21.8. The number of aromatic nitrogens is 2. The maximum Gasteiger partial charge on any atom is 0.291 e. The number of thioether (sulfide) groups is 1. The number of halogens is 1. The van der Waals surface area contributed by atoms with E-state index in [0.29, 0.717) is 27.3 Å². The van der Waals surface area contributed by atoms with Gasteiger partial charge in [0.05, 0.1) is 0 Å². The number of hydrogen-bond donors (Lipinski definition) is 1. The Morgan fingerprint density at radius 2 is 1.81 bits per heavy atom. The van der Waals surface area contributed by atoms with E-state index in [9.17, 15) is 4.79 Å². The smallest absolute Gasteiger partial charge is 0.291 e. The largest absolute Gasteiger partial charge is 0.451 e. The molecule has 4 aromatic rings. The fraction of sp³-hybridized carbons (Fsp3) is 0.208. The molecular weight excluding hydrogens is 430 g/mol. The van der Waals surface area contributed by atoms with Gasteiger partial charge in [-0.1, -0.05) is 61.5 Å². The molecule has 2 aromatic heterocycles. The average Bonchev–Trinajstić information content (AvgIpc) is 3.17. The first-order chi connectivity index (χ1) is 15.1. The molecule has 5 nitrogen and oxygen atoms in total. The topological polar surface area (TPSA) is 68.0 Å². The molecule has 4 rings (SSSR count). The van der Waals surface area contributed by atoms with E-state index in [-0.39, 0.29) is 5.91 Å². The molecule has 0 spiro atoms. The van der Waals surface area contributed by atoms with Crippen molar-refractivity contribution in [3.8, 4) is 0 Å². The summed E-state index contributed by atoms with van der Waals surface area (Å²) in [5, 5.41) is 5.29. The van der Waals surface area contributed by atoms with Gasteiger partial charge >= 0.3 is 0 Å². The van der Waals surface area contributed by atoms with Crippen molar-refractivity contribution in [2.24, 2.45) is 0 Å². The molecule has 31 heavy (non-hydrogen) atoms. The second-order valence-corrected chi connectivity index (χ2v) is 8.30. The number of benzene rings is 2. The van der Waals surface area contributed by atoms with Crippen LogP contribution in [0.1, 0.15) is 41.1 Å². The molecule has 0 aliphatic heterocycles. The third kappa shape index (κ3) is 4.45. The molecule has 1 amide bonds. The van der Waals surface area contributed by atoms with E-state index >= 15 is 0 Å². The number of hydrogen-bond acceptors (Lipinski definition) is 5. The van der Waals surface area contributed by atoms with Crippen molar-refractivity contribution in [3.63, 3.8) is 0 Å². The van der Waals surface area contributed by atoms with Gasteiger partial charge in [0.25, 0.3) is 5.91 Å². The zero-order valence-electron chi connectivity index (χ0n) is 17.3. The summed E-state index contributed by atoms with van der Waals surface area (Å²) in [4.78, 5) is 21.9. The summed E-state index contributed by atoms with van der Waals surface area (Å²) in [5.41, 5.74) is 4.24. The Labute approximate surface area is 190 Å². The number of carbonyl (C=O) groups excluding carboxylic acids is 1. The molecule has 7 heteroatoms. The summed E-state index contributed by atoms with van der Waals surface area (Å²) < 4.78 is 6.00. The number of amides is 1. The van der Waals surface area contributed by atoms with Crippen molar-refractivity contribution >= 4 is 45.9 Å². The van der Waals surface area contributed by atoms with Crippen LogP contribution in [-0.2, 0) is 18.6 Å². The molecule has 0 unspecified atom stereocenters. The predicted molar refractivity (Wildman–Crippen MR) is 126 cm³/mol. The quantitative estimate of drug-likeness (QED) is 0.255. The van der Waals surface area contributed by atoms with Crippen molar-refractivity contribution in [2.45, 2.75) is 37.6 Å². The lowest BCUT2D eigenvalue weighted by atomic mass is 10.0. The van der Waals surface area contributed by atoms with Crippen LogP contribution in [0.3, 0.4) is 0 Å². The Bertz CT molecular complexity index is 1220. The molecule has 0 bridgehead atoms. The SMILES string of the molecule is CCc1ccc(Cl)c(CC)c1NC(=O)c1oc2ccccc2c1CSc1ncccn1. The number of nitrogens with one attached hydrogen (secondary N) is 1. The van der Waals surface area contributed by atoms with E-state index < -0.39 is 0 Å². The Kier molecular flexibility index (Phi) is 6.59. The summed E-state index contributed by atoms with van der Waals surface area (Å²) in [6, 6.07) is 13.3. The van der Waals surface area contributed by atoms with Gasteiger partial charge in [0, 0.05) is 39.8 Å². The number of nitrogens with zero attached hydrogens (tertiary/aromatic N) is 2. The van der Waals surface area contributed by atoms with Crippen LogP contribution in [-0.4, -0.2) is 15.9 Å². The molecule has 2 aromatic carbocycles. The molecule has 158 valence electrons. The Morgan fingerprint density at radius 1 is 1.03 bits per heavy atom. The Morgan fingerprint density at radius 3 is 2.55 bits per heavy atom. The lowest BCUT2D eigenvalue weighted by Crippen LogP contribution is -2.16. The third-order valence-electron chi connectivity index (χ3n) is 5.11. The summed E-state index contributed by atoms with van der Waals surface area (Å²) >= 11 is 7.87. The van der Waals surface area contributed by atoms with Gasteiger partial charge in [0.15, 0.2) is 10.9 Å². The van der Waals surface area contributed by atoms with E-state index in [1.807, 2.05) is 43.3 Å². The molecule has 2 heterocycles. The van der Waals surface area contributed by atoms with Crippen molar-refractivity contribution in [1.29, 1.82) is 0 Å². The number of anilines is 1. The fourth-order valence-electron chi connectivity index (χ4n) is 3.56. The highest BCUT2D eigenvalue weighted by atomic mass is 35.5. The highest BCUT2D eigenvalue weighted by Crippen LogP contribution is 2.33. The fourth-order valence-corrected chi connectivity index (χ4v) is 4.68. The minimum absolute atomic E-state index is 0.285. The summed E-state index contributed by atoms with van der Waals surface area (Å²) in [7, 11) is 0. The zero-order valence-corrected chi connectivity index (χ0v) is 18.9. The van der Waals surface area contributed by atoms with Gasteiger partial charge in [-0.15, -0.1) is 0 Å². The van der Waals surface area contributed by atoms with Gasteiger partial charge in [-0.3, -0.25) is 4.79 Å². The summed E-state index contributed by atoms with van der Waals surface area (Å²) in [5.74, 6) is 0.529. The van der Waals surface area contributed by atoms with Gasteiger partial charge in [0.2, 0.25) is 0 Å². The van der Waals surface area contributed by atoms with Crippen molar-refractivity contribution in [1.82, 2.24) is 9.97 Å². The lowest BCUT2D eigenvalue weighted by molar-refractivity contribution is 0.0997. The highest BCUT2D eigenvalue weighted by molar-refractivity contribution is 7.98. The number of rotatable bonds is 7. The first kappa shape index (κ1) is 21.4. The maximum atomic E-state index is 13.4. The molecule has 0 saturated carbocycles. The van der Waals surface area contributed by atoms with E-state index in [2.05, 4.69) is 22.2 Å². The normalized spacial score (nSPS) is 11.1. The molecule has 0 radical (unpaired) electrons. The van der Waals surface area contributed by atoms with E-state index in [1.54, 1.807) is 18.5 Å². The second kappa shape index (κ2) is 9.54. The van der Waals surface area contributed by atoms with Crippen LogP contribution >= 0.6 is 23.4 Å². The van der Waals surface area contributed by atoms with E-state index in [1.165, 1.54) is 11.8 Å². The second-order valence-electron chi connectivity index (χ2n) is 6.95. The van der Waals surface area contributed by atoms with Crippen LogP contribution in [0.4, 0.5) is 5.69 Å². The van der Waals surface area contributed by atoms with Gasteiger partial charge in [-0.05, 0) is 42.2 Å². The minimum Gasteiger partial charge on any atom is -0.451 e. The molecule has 0 aliphatic rings. The molecular formula is C24H22ClN3O2S. The molecule has 0 atom stereocenters. The molecule has 0 saturated heterocycles. The van der Waals surface area contributed by atoms with Crippen LogP contribution < -0.4 is 5.32 Å². The number of fused-ring (bicyclic) bond motifs is 1. The number of para-hydroxylation sites is 1. The van der Waals surface area contributed by atoms with Crippen molar-refractivity contribution in [3.05, 3.63) is 82.3 Å². The standard InChI is InChI=1S/C24H22ClN3O2S/c1-3-15-10-11-19(25)16(4-2)21(15)28-23(29)22-18(14-31-24-26-12-7-13-27-24)17-8-5-6-9-20(17)30-22/h5-13H,3-4,14H2,1-2H3,(H,28,29). The lowest BCUT2D eigenvalue weighted by Gasteiger charge is -2.15. The van der Waals surface area contributed by atoms with Crippen LogP contribution in [0.5, 0.6) is 0 Å². The van der Waals surface area contributed by atoms with E-state index in [0.717, 1.165) is 40.6 Å². The van der Waals surface area contributed by atoms with Gasteiger partial charge in [0.1, 0.15) is 5.58 Å². The Balaban J connectivity index is 1.71. The van der Waals surface area contributed by atoms with E-state index in [4.69, 9.17) is 16.0 Å². The predicted octanol–water partition coefficient (Wildman–Crippen LogP) is 6.55. The number of furan rings is 1. The number of aryl methyl sites for hydroxylation is 1. The molecule has 0 aliphatic carbocycles. The third-order valence-corrected chi connectivity index (χ3v) is 6.36. The first-order valence-electron chi connectivity index (χ1n) is 10.1. The van der Waals surface area contributed by atoms with Crippen LogP contribution in [0.25, 0.3) is 11.0 Å². The van der Waals surface area contributed by atoms with Crippen LogP contribution in [0, 0.1) is 0 Å². The van der Waals surface area contributed by atoms with Gasteiger partial charge in [-0.2, -0.15) is 0 Å². The van der Waals surface area contributed by atoms with Gasteiger partial charge < -0.3 is 9.73 Å². The van der Waals surface area contributed by atoms with Gasteiger partial charge in [-0.25, -0.2) is 9.97 Å². The molecule has 1 N–H and O–H groups in total. The number of carbonyl (C=O) groups is 1. The van der Waals surface area contributed by atoms with Crippen LogP contribution in [0.15, 0.2) is 64.4 Å². The van der Waals surface area contributed by atoms with Crippen molar-refractivity contribution < 1.29 is 9.21 Å². The minimum atomic E-state index is -0.285. The monoisotopic (exact) mass is 451 g/mol. The average molecular weight is 452 g/mol. The summed E-state index contributed by atoms with van der Waals surface area (Å²) in [6.07, 6.45) is 4.91. The van der Waals surface area contributed by atoms with Crippen molar-refractivity contribution in [2.75, 3.05) is 5.32 Å². The Hall–Kier alpha value is -2.83. The first-order valence-corrected chi connectivity index (χ1v) is 11.5. The molecule has 0 fully saturated rings. The van der Waals surface area contributed by atoms with Crippen LogP contribution in [0.2, 0.25) is 5.02 Å². The maximum absolute atomic E-state index is 13.4.